The van der Waals surface area contributed by atoms with Gasteiger partial charge in [-0.3, -0.25) is 0 Å². The van der Waals surface area contributed by atoms with Gasteiger partial charge in [0.15, 0.2) is 0 Å². The van der Waals surface area contributed by atoms with E-state index < -0.39 is 0 Å². The van der Waals surface area contributed by atoms with Gasteiger partial charge < -0.3 is 5.32 Å². The van der Waals surface area contributed by atoms with Crippen molar-refractivity contribution in [3.63, 3.8) is 0 Å². The summed E-state index contributed by atoms with van der Waals surface area (Å²) in [7, 11) is 0. The third kappa shape index (κ3) is 4.12. The van der Waals surface area contributed by atoms with Crippen molar-refractivity contribution in [2.45, 2.75) is 58.9 Å². The van der Waals surface area contributed by atoms with E-state index in [4.69, 9.17) is 0 Å². The summed E-state index contributed by atoms with van der Waals surface area (Å²) in [5, 5.41) is 3.70. The lowest BCUT2D eigenvalue weighted by Gasteiger charge is -2.16. The number of rotatable bonds is 7. The zero-order valence-corrected chi connectivity index (χ0v) is 9.47. The highest BCUT2D eigenvalue weighted by atomic mass is 14.9. The Labute approximate surface area is 83.3 Å². The van der Waals surface area contributed by atoms with E-state index in [2.05, 4.69) is 26.1 Å². The Morgan fingerprint density at radius 1 is 1.38 bits per heavy atom. The molecule has 1 aliphatic carbocycles. The fourth-order valence-electron chi connectivity index (χ4n) is 1.90. The van der Waals surface area contributed by atoms with Crippen LogP contribution in [-0.2, 0) is 0 Å². The van der Waals surface area contributed by atoms with E-state index >= 15 is 0 Å². The SMILES string of the molecule is CCCCC(CC)NCC1CC1C. The molecule has 1 N–H and O–H groups in total. The maximum Gasteiger partial charge on any atom is 0.00645 e. The van der Waals surface area contributed by atoms with Crippen LogP contribution in [0.5, 0.6) is 0 Å². The lowest BCUT2D eigenvalue weighted by Crippen LogP contribution is -2.30. The molecule has 0 spiro atoms. The molecule has 0 saturated heterocycles. The van der Waals surface area contributed by atoms with Crippen LogP contribution in [0, 0.1) is 11.8 Å². The van der Waals surface area contributed by atoms with Crippen molar-refractivity contribution < 1.29 is 0 Å². The molecule has 13 heavy (non-hydrogen) atoms. The van der Waals surface area contributed by atoms with Crippen LogP contribution in [-0.4, -0.2) is 12.6 Å². The Morgan fingerprint density at radius 2 is 2.08 bits per heavy atom. The maximum absolute atomic E-state index is 3.70. The Kier molecular flexibility index (Phi) is 4.79. The normalized spacial score (nSPS) is 28.8. The number of hydrogen-bond donors (Lipinski definition) is 1. The first-order chi connectivity index (χ1) is 6.27. The molecule has 1 fully saturated rings. The molecule has 0 aliphatic heterocycles. The van der Waals surface area contributed by atoms with E-state index in [1.54, 1.807) is 0 Å². The fourth-order valence-corrected chi connectivity index (χ4v) is 1.90. The average Bonchev–Trinajstić information content (AvgIpc) is 2.83. The van der Waals surface area contributed by atoms with E-state index in [0.717, 1.165) is 17.9 Å². The van der Waals surface area contributed by atoms with Crippen molar-refractivity contribution in [2.24, 2.45) is 11.8 Å². The molecule has 1 saturated carbocycles. The van der Waals surface area contributed by atoms with Gasteiger partial charge in [-0.05, 0) is 37.6 Å². The molecule has 3 unspecified atom stereocenters. The van der Waals surface area contributed by atoms with Crippen LogP contribution in [0.2, 0.25) is 0 Å². The van der Waals surface area contributed by atoms with Crippen LogP contribution < -0.4 is 5.32 Å². The molecule has 0 aromatic heterocycles. The molecule has 78 valence electrons. The Bertz CT molecular complexity index is 133. The zero-order chi connectivity index (χ0) is 9.68. The van der Waals surface area contributed by atoms with Crippen molar-refractivity contribution in [1.29, 1.82) is 0 Å². The molecule has 0 aromatic carbocycles. The van der Waals surface area contributed by atoms with Gasteiger partial charge in [0, 0.05) is 6.04 Å². The average molecular weight is 183 g/mol. The van der Waals surface area contributed by atoms with Crippen LogP contribution in [0.1, 0.15) is 52.9 Å². The minimum absolute atomic E-state index is 0.785. The second kappa shape index (κ2) is 5.64. The predicted octanol–water partition coefficient (Wildman–Crippen LogP) is 3.20. The van der Waals surface area contributed by atoms with Gasteiger partial charge in [-0.15, -0.1) is 0 Å². The summed E-state index contributed by atoms with van der Waals surface area (Å²) in [5.74, 6) is 1.99. The first-order valence-corrected chi connectivity index (χ1v) is 6.01. The topological polar surface area (TPSA) is 12.0 Å². The third-order valence-corrected chi connectivity index (χ3v) is 3.34. The Hall–Kier alpha value is -0.0400. The molecule has 0 radical (unpaired) electrons. The van der Waals surface area contributed by atoms with Crippen molar-refractivity contribution in [3.05, 3.63) is 0 Å². The second-order valence-corrected chi connectivity index (χ2v) is 4.63. The molecule has 1 nitrogen and oxygen atoms in total. The quantitative estimate of drug-likeness (QED) is 0.639. The number of nitrogens with one attached hydrogen (secondary N) is 1. The van der Waals surface area contributed by atoms with Gasteiger partial charge in [-0.1, -0.05) is 33.6 Å². The smallest absolute Gasteiger partial charge is 0.00645 e. The molecule has 3 atom stereocenters. The van der Waals surface area contributed by atoms with E-state index in [0.29, 0.717) is 0 Å². The number of unbranched alkanes of at least 4 members (excludes halogenated alkanes) is 1. The summed E-state index contributed by atoms with van der Waals surface area (Å²) in [6.45, 7) is 8.20. The second-order valence-electron chi connectivity index (χ2n) is 4.63. The lowest BCUT2D eigenvalue weighted by molar-refractivity contribution is 0.439. The standard InChI is InChI=1S/C12H25N/c1-4-6-7-12(5-2)13-9-11-8-10(11)3/h10-13H,4-9H2,1-3H3. The molecule has 1 aliphatic rings. The molecule has 1 rings (SSSR count). The summed E-state index contributed by atoms with van der Waals surface area (Å²) < 4.78 is 0. The van der Waals surface area contributed by atoms with E-state index in [9.17, 15) is 0 Å². The molecule has 0 heterocycles. The van der Waals surface area contributed by atoms with Gasteiger partial charge in [0.1, 0.15) is 0 Å². The van der Waals surface area contributed by atoms with Crippen LogP contribution in [0.25, 0.3) is 0 Å². The Balaban J connectivity index is 2.01. The minimum atomic E-state index is 0.785. The summed E-state index contributed by atoms with van der Waals surface area (Å²) in [6, 6.07) is 0.785. The van der Waals surface area contributed by atoms with Crippen LogP contribution in [0.3, 0.4) is 0 Å². The maximum atomic E-state index is 3.70. The molecular formula is C12H25N. The van der Waals surface area contributed by atoms with E-state index in [1.165, 1.54) is 38.6 Å². The molecule has 1 heteroatoms. The highest BCUT2D eigenvalue weighted by Crippen LogP contribution is 2.36. The highest BCUT2D eigenvalue weighted by Gasteiger charge is 2.32. The van der Waals surface area contributed by atoms with Gasteiger partial charge in [0.2, 0.25) is 0 Å². The van der Waals surface area contributed by atoms with Gasteiger partial charge in [-0.2, -0.15) is 0 Å². The first-order valence-electron chi connectivity index (χ1n) is 6.01. The van der Waals surface area contributed by atoms with Gasteiger partial charge in [0.05, 0.1) is 0 Å². The molecule has 0 bridgehead atoms. The number of hydrogen-bond acceptors (Lipinski definition) is 1. The lowest BCUT2D eigenvalue weighted by atomic mass is 10.1. The Morgan fingerprint density at radius 3 is 2.54 bits per heavy atom. The van der Waals surface area contributed by atoms with Gasteiger partial charge in [0.25, 0.3) is 0 Å². The van der Waals surface area contributed by atoms with Crippen LogP contribution in [0.4, 0.5) is 0 Å². The van der Waals surface area contributed by atoms with Gasteiger partial charge in [-0.25, -0.2) is 0 Å². The third-order valence-electron chi connectivity index (χ3n) is 3.34. The van der Waals surface area contributed by atoms with Crippen molar-refractivity contribution >= 4 is 0 Å². The van der Waals surface area contributed by atoms with Gasteiger partial charge >= 0.3 is 0 Å². The van der Waals surface area contributed by atoms with Crippen LogP contribution in [0.15, 0.2) is 0 Å². The largest absolute Gasteiger partial charge is 0.314 e. The molecular weight excluding hydrogens is 158 g/mol. The zero-order valence-electron chi connectivity index (χ0n) is 9.47. The monoisotopic (exact) mass is 183 g/mol. The summed E-state index contributed by atoms with van der Waals surface area (Å²) in [6.07, 6.45) is 6.83. The highest BCUT2D eigenvalue weighted by molar-refractivity contribution is 4.85. The summed E-state index contributed by atoms with van der Waals surface area (Å²) in [4.78, 5) is 0. The van der Waals surface area contributed by atoms with Crippen molar-refractivity contribution in [1.82, 2.24) is 5.32 Å². The summed E-state index contributed by atoms with van der Waals surface area (Å²) in [5.41, 5.74) is 0. The van der Waals surface area contributed by atoms with Crippen LogP contribution >= 0.6 is 0 Å². The van der Waals surface area contributed by atoms with Crippen molar-refractivity contribution in [2.75, 3.05) is 6.54 Å². The van der Waals surface area contributed by atoms with E-state index in [1.807, 2.05) is 0 Å². The predicted molar refractivity (Wildman–Crippen MR) is 58.9 cm³/mol. The fraction of sp³-hybridized carbons (Fsp3) is 1.00. The molecule has 0 aromatic rings. The van der Waals surface area contributed by atoms with E-state index in [-0.39, 0.29) is 0 Å². The molecule has 0 amide bonds. The minimum Gasteiger partial charge on any atom is -0.314 e. The van der Waals surface area contributed by atoms with Crippen molar-refractivity contribution in [3.8, 4) is 0 Å². The first kappa shape index (κ1) is 11.0. The summed E-state index contributed by atoms with van der Waals surface area (Å²) >= 11 is 0.